The van der Waals surface area contributed by atoms with E-state index in [0.717, 1.165) is 4.90 Å². The summed E-state index contributed by atoms with van der Waals surface area (Å²) in [4.78, 5) is 26.9. The van der Waals surface area contributed by atoms with Crippen molar-refractivity contribution in [3.63, 3.8) is 0 Å². The zero-order valence-corrected chi connectivity index (χ0v) is 18.7. The molecule has 0 radical (unpaired) electrons. The number of benzene rings is 3. The maximum Gasteiger partial charge on any atom is 0.262 e. The number of aliphatic hydroxyl groups excluding tert-OH is 1. The number of halogens is 3. The lowest BCUT2D eigenvalue weighted by atomic mass is 9.92. The van der Waals surface area contributed by atoms with Gasteiger partial charge in [-0.1, -0.05) is 41.4 Å². The summed E-state index contributed by atoms with van der Waals surface area (Å²) in [6, 6.07) is 12.2. The largest absolute Gasteiger partial charge is 0.495 e. The Hall–Kier alpha value is -2.93. The highest BCUT2D eigenvalue weighted by atomic mass is 35.5. The molecule has 0 aliphatic carbocycles. The van der Waals surface area contributed by atoms with Gasteiger partial charge in [0.25, 0.3) is 11.8 Å². The molecular weight excluding hydrogens is 456 g/mol. The lowest BCUT2D eigenvalue weighted by Gasteiger charge is -2.18. The molecule has 0 saturated heterocycles. The standard InChI is InChI=1S/C24H18Cl2FNO4/c1-12(29)11-28-23(30)15-6-3-5-14(20(15)24(28)31)16-9-13(27)10-17(22(16)32-2)21-18(25)7-4-8-19(21)26/h3-10,12,29H,11H2,1-2H3/t12-/m0/s1. The lowest BCUT2D eigenvalue weighted by molar-refractivity contribution is 0.0563. The van der Waals surface area contributed by atoms with Crippen molar-refractivity contribution in [2.75, 3.05) is 13.7 Å². The molecule has 0 fully saturated rings. The van der Waals surface area contributed by atoms with E-state index >= 15 is 0 Å². The van der Waals surface area contributed by atoms with Crippen LogP contribution in [0.1, 0.15) is 27.6 Å². The number of nitrogens with zero attached hydrogens (tertiary/aromatic N) is 1. The van der Waals surface area contributed by atoms with Crippen molar-refractivity contribution in [2.24, 2.45) is 0 Å². The number of rotatable bonds is 5. The highest BCUT2D eigenvalue weighted by molar-refractivity contribution is 6.39. The van der Waals surface area contributed by atoms with Crippen LogP contribution >= 0.6 is 23.2 Å². The Bertz CT molecular complexity index is 1240. The summed E-state index contributed by atoms with van der Waals surface area (Å²) in [7, 11) is 1.42. The van der Waals surface area contributed by atoms with E-state index in [0.29, 0.717) is 26.7 Å². The summed E-state index contributed by atoms with van der Waals surface area (Å²) < 4.78 is 20.4. The van der Waals surface area contributed by atoms with E-state index in [4.69, 9.17) is 27.9 Å². The number of aliphatic hydroxyl groups is 1. The van der Waals surface area contributed by atoms with Crippen molar-refractivity contribution in [2.45, 2.75) is 13.0 Å². The highest BCUT2D eigenvalue weighted by Crippen LogP contribution is 2.46. The Kier molecular flexibility index (Phi) is 5.95. The molecular formula is C24H18Cl2FNO4. The minimum Gasteiger partial charge on any atom is -0.495 e. The maximum absolute atomic E-state index is 14.8. The molecule has 3 aromatic rings. The van der Waals surface area contributed by atoms with Crippen LogP contribution in [0.15, 0.2) is 48.5 Å². The van der Waals surface area contributed by atoms with Gasteiger partial charge in [-0.2, -0.15) is 0 Å². The van der Waals surface area contributed by atoms with Crippen LogP contribution in [0, 0.1) is 5.82 Å². The first-order chi connectivity index (χ1) is 15.2. The lowest BCUT2D eigenvalue weighted by Crippen LogP contribution is -2.35. The number of β-amino-alcohol motifs (C(OH)–C–C–N with tert-alkyl or cyclic N) is 1. The Morgan fingerprint density at radius 2 is 1.53 bits per heavy atom. The molecule has 4 rings (SSSR count). The fraction of sp³-hybridized carbons (Fsp3) is 0.167. The number of ether oxygens (including phenoxy) is 1. The number of hydrogen-bond acceptors (Lipinski definition) is 4. The molecule has 32 heavy (non-hydrogen) atoms. The van der Waals surface area contributed by atoms with E-state index in [1.165, 1.54) is 32.2 Å². The van der Waals surface area contributed by atoms with Gasteiger partial charge in [-0.05, 0) is 42.8 Å². The average molecular weight is 474 g/mol. The Morgan fingerprint density at radius 1 is 0.938 bits per heavy atom. The summed E-state index contributed by atoms with van der Waals surface area (Å²) in [6.45, 7) is 1.34. The summed E-state index contributed by atoms with van der Waals surface area (Å²) in [5, 5.41) is 10.3. The van der Waals surface area contributed by atoms with E-state index in [-0.39, 0.29) is 29.0 Å². The second-order valence-electron chi connectivity index (χ2n) is 7.43. The zero-order chi connectivity index (χ0) is 23.2. The fourth-order valence-electron chi connectivity index (χ4n) is 3.94. The SMILES string of the molecule is COc1c(-c2cccc3c2C(=O)N(C[C@H](C)O)C3=O)cc(F)cc1-c1c(Cl)cccc1Cl. The number of imide groups is 1. The molecule has 3 aromatic carbocycles. The third-order valence-electron chi connectivity index (χ3n) is 5.23. The van der Waals surface area contributed by atoms with Crippen molar-refractivity contribution in [1.82, 2.24) is 4.90 Å². The molecule has 8 heteroatoms. The van der Waals surface area contributed by atoms with Crippen molar-refractivity contribution < 1.29 is 23.8 Å². The summed E-state index contributed by atoms with van der Waals surface area (Å²) in [6.07, 6.45) is -0.890. The maximum atomic E-state index is 14.8. The topological polar surface area (TPSA) is 66.8 Å². The molecule has 5 nitrogen and oxygen atoms in total. The van der Waals surface area contributed by atoms with E-state index in [2.05, 4.69) is 0 Å². The van der Waals surface area contributed by atoms with Crippen LogP contribution in [-0.2, 0) is 0 Å². The summed E-state index contributed by atoms with van der Waals surface area (Å²) >= 11 is 12.7. The quantitative estimate of drug-likeness (QED) is 0.500. The van der Waals surface area contributed by atoms with Gasteiger partial charge >= 0.3 is 0 Å². The molecule has 0 bridgehead atoms. The number of carbonyl (C=O) groups excluding carboxylic acids is 2. The Balaban J connectivity index is 1.98. The molecule has 1 atom stereocenters. The predicted octanol–water partition coefficient (Wildman–Crippen LogP) is 5.45. The van der Waals surface area contributed by atoms with Crippen LogP contribution in [0.2, 0.25) is 10.0 Å². The third-order valence-corrected chi connectivity index (χ3v) is 5.86. The minimum atomic E-state index is -0.890. The molecule has 0 aromatic heterocycles. The van der Waals surface area contributed by atoms with Gasteiger partial charge in [0.1, 0.15) is 11.6 Å². The van der Waals surface area contributed by atoms with Gasteiger partial charge in [-0.3, -0.25) is 14.5 Å². The Morgan fingerprint density at radius 3 is 2.16 bits per heavy atom. The molecule has 0 spiro atoms. The van der Waals surface area contributed by atoms with Crippen LogP contribution < -0.4 is 4.74 Å². The van der Waals surface area contributed by atoms with Gasteiger partial charge in [-0.15, -0.1) is 0 Å². The number of carbonyl (C=O) groups is 2. The number of hydrogen-bond donors (Lipinski definition) is 1. The van der Waals surface area contributed by atoms with Crippen LogP contribution in [-0.4, -0.2) is 41.6 Å². The number of fused-ring (bicyclic) bond motifs is 1. The molecule has 1 N–H and O–H groups in total. The second-order valence-corrected chi connectivity index (χ2v) is 8.24. The molecule has 2 amide bonds. The van der Waals surface area contributed by atoms with Gasteiger partial charge in [0.15, 0.2) is 0 Å². The molecule has 1 aliphatic rings. The minimum absolute atomic E-state index is 0.123. The molecule has 1 aliphatic heterocycles. The van der Waals surface area contributed by atoms with Gasteiger partial charge < -0.3 is 9.84 Å². The van der Waals surface area contributed by atoms with Gasteiger partial charge in [0.05, 0.1) is 40.9 Å². The highest BCUT2D eigenvalue weighted by Gasteiger charge is 2.38. The first-order valence-electron chi connectivity index (χ1n) is 9.74. The van der Waals surface area contributed by atoms with Crippen molar-refractivity contribution in [1.29, 1.82) is 0 Å². The molecule has 0 saturated carbocycles. The number of methoxy groups -OCH3 is 1. The molecule has 164 valence electrons. The monoisotopic (exact) mass is 473 g/mol. The summed E-state index contributed by atoms with van der Waals surface area (Å²) in [5.74, 6) is -1.42. The number of amides is 2. The van der Waals surface area contributed by atoms with Gasteiger partial charge in [0, 0.05) is 16.7 Å². The normalized spacial score (nSPS) is 14.0. The first-order valence-corrected chi connectivity index (χ1v) is 10.5. The van der Waals surface area contributed by atoms with Crippen LogP contribution in [0.4, 0.5) is 4.39 Å². The summed E-state index contributed by atoms with van der Waals surface area (Å²) in [5.41, 5.74) is 1.60. The average Bonchev–Trinajstić information content (AvgIpc) is 2.98. The van der Waals surface area contributed by atoms with E-state index in [1.54, 1.807) is 30.3 Å². The Labute approximate surface area is 193 Å². The van der Waals surface area contributed by atoms with Crippen molar-refractivity contribution in [3.8, 4) is 28.0 Å². The van der Waals surface area contributed by atoms with E-state index in [1.807, 2.05) is 0 Å². The van der Waals surface area contributed by atoms with E-state index in [9.17, 15) is 19.1 Å². The van der Waals surface area contributed by atoms with Crippen LogP contribution in [0.25, 0.3) is 22.3 Å². The van der Waals surface area contributed by atoms with Crippen LogP contribution in [0.3, 0.4) is 0 Å². The van der Waals surface area contributed by atoms with Crippen molar-refractivity contribution >= 4 is 35.0 Å². The first kappa shape index (κ1) is 22.3. The fourth-order valence-corrected chi connectivity index (χ4v) is 4.54. The van der Waals surface area contributed by atoms with Crippen LogP contribution in [0.5, 0.6) is 5.75 Å². The third kappa shape index (κ3) is 3.64. The smallest absolute Gasteiger partial charge is 0.262 e. The molecule has 1 heterocycles. The van der Waals surface area contributed by atoms with Gasteiger partial charge in [0.2, 0.25) is 0 Å². The second kappa shape index (κ2) is 8.54. The van der Waals surface area contributed by atoms with Gasteiger partial charge in [-0.25, -0.2) is 4.39 Å². The molecule has 0 unspecified atom stereocenters. The predicted molar refractivity (Wildman–Crippen MR) is 121 cm³/mol. The zero-order valence-electron chi connectivity index (χ0n) is 17.2. The van der Waals surface area contributed by atoms with E-state index < -0.39 is 23.7 Å². The van der Waals surface area contributed by atoms with Crippen molar-refractivity contribution in [3.05, 3.63) is 75.5 Å².